The van der Waals surface area contributed by atoms with E-state index < -0.39 is 10.2 Å². The third-order valence-electron chi connectivity index (χ3n) is 3.34. The molecule has 0 radical (unpaired) electrons. The molecule has 1 saturated heterocycles. The third-order valence-corrected chi connectivity index (χ3v) is 5.52. The van der Waals surface area contributed by atoms with Crippen LogP contribution in [0, 0.1) is 5.92 Å². The lowest BCUT2D eigenvalue weighted by atomic mass is 10.00. The van der Waals surface area contributed by atoms with Crippen LogP contribution in [0.4, 0.5) is 0 Å². The molecular formula is C12H24N2O3S. The topological polar surface area (TPSA) is 60.9 Å². The first kappa shape index (κ1) is 15.6. The second-order valence-corrected chi connectivity index (χ2v) is 6.87. The van der Waals surface area contributed by atoms with E-state index in [0.717, 1.165) is 12.8 Å². The Hall–Kier alpha value is -0.430. The highest BCUT2D eigenvalue weighted by atomic mass is 32.2. The summed E-state index contributed by atoms with van der Waals surface area (Å²) in [5.41, 5.74) is 0. The fourth-order valence-corrected chi connectivity index (χ4v) is 3.97. The predicted molar refractivity (Wildman–Crippen MR) is 72.3 cm³/mol. The van der Waals surface area contributed by atoms with Gasteiger partial charge in [-0.1, -0.05) is 6.08 Å². The fourth-order valence-electron chi connectivity index (χ4n) is 2.17. The summed E-state index contributed by atoms with van der Waals surface area (Å²) in [6.07, 6.45) is 3.07. The maximum absolute atomic E-state index is 12.5. The number of piperidine rings is 1. The first-order valence-corrected chi connectivity index (χ1v) is 7.81. The first-order valence-electron chi connectivity index (χ1n) is 6.42. The molecule has 1 aliphatic rings. The number of nitrogens with zero attached hydrogens (tertiary/aromatic N) is 2. The molecule has 0 unspecified atom stereocenters. The Balaban J connectivity index is 2.76. The molecule has 0 aliphatic carbocycles. The molecule has 0 saturated carbocycles. The van der Waals surface area contributed by atoms with Gasteiger partial charge in [0.25, 0.3) is 10.2 Å². The molecule has 6 heteroatoms. The molecule has 0 aromatic heterocycles. The molecule has 0 spiro atoms. The van der Waals surface area contributed by atoms with Crippen LogP contribution >= 0.6 is 0 Å². The molecule has 1 rings (SSSR count). The van der Waals surface area contributed by atoms with Gasteiger partial charge < -0.3 is 5.11 Å². The highest BCUT2D eigenvalue weighted by molar-refractivity contribution is 7.86. The van der Waals surface area contributed by atoms with Crippen LogP contribution in [-0.4, -0.2) is 54.4 Å². The van der Waals surface area contributed by atoms with Crippen LogP contribution in [0.5, 0.6) is 0 Å². The number of rotatable bonds is 6. The lowest BCUT2D eigenvalue weighted by Gasteiger charge is -2.35. The second kappa shape index (κ2) is 6.65. The molecule has 1 fully saturated rings. The number of hydrogen-bond donors (Lipinski definition) is 1. The summed E-state index contributed by atoms with van der Waals surface area (Å²) in [7, 11) is -3.40. The second-order valence-electron chi connectivity index (χ2n) is 4.98. The van der Waals surface area contributed by atoms with Crippen LogP contribution in [0.2, 0.25) is 0 Å². The Kier molecular flexibility index (Phi) is 5.78. The molecule has 1 N–H and O–H groups in total. The van der Waals surface area contributed by atoms with Crippen LogP contribution in [-0.2, 0) is 10.2 Å². The normalized spacial score (nSPS) is 19.6. The van der Waals surface area contributed by atoms with Gasteiger partial charge in [-0.3, -0.25) is 0 Å². The Morgan fingerprint density at radius 2 is 2.00 bits per heavy atom. The highest BCUT2D eigenvalue weighted by Crippen LogP contribution is 2.22. The van der Waals surface area contributed by atoms with E-state index in [4.69, 9.17) is 5.11 Å². The summed E-state index contributed by atoms with van der Waals surface area (Å²) in [5, 5.41) is 9.07. The average Bonchev–Trinajstić information content (AvgIpc) is 2.35. The number of aliphatic hydroxyl groups excluding tert-OH is 1. The van der Waals surface area contributed by atoms with Crippen molar-refractivity contribution >= 4 is 10.2 Å². The van der Waals surface area contributed by atoms with Gasteiger partial charge in [0.15, 0.2) is 0 Å². The Morgan fingerprint density at radius 1 is 1.44 bits per heavy atom. The molecule has 18 heavy (non-hydrogen) atoms. The van der Waals surface area contributed by atoms with Crippen LogP contribution in [0.3, 0.4) is 0 Å². The zero-order valence-electron chi connectivity index (χ0n) is 11.2. The van der Waals surface area contributed by atoms with Crippen molar-refractivity contribution in [3.05, 3.63) is 12.7 Å². The maximum Gasteiger partial charge on any atom is 0.282 e. The molecule has 1 aliphatic heterocycles. The molecule has 1 heterocycles. The van der Waals surface area contributed by atoms with Crippen molar-refractivity contribution in [2.45, 2.75) is 32.7 Å². The van der Waals surface area contributed by atoms with Gasteiger partial charge in [0.1, 0.15) is 0 Å². The summed E-state index contributed by atoms with van der Waals surface area (Å²) in [5.74, 6) is 0.239. The highest BCUT2D eigenvalue weighted by Gasteiger charge is 2.33. The molecule has 0 amide bonds. The van der Waals surface area contributed by atoms with Crippen molar-refractivity contribution in [2.24, 2.45) is 5.92 Å². The van der Waals surface area contributed by atoms with Crippen molar-refractivity contribution < 1.29 is 13.5 Å². The van der Waals surface area contributed by atoms with E-state index in [2.05, 4.69) is 6.58 Å². The van der Waals surface area contributed by atoms with Crippen LogP contribution in [0.25, 0.3) is 0 Å². The van der Waals surface area contributed by atoms with Crippen molar-refractivity contribution in [2.75, 3.05) is 26.2 Å². The predicted octanol–water partition coefficient (Wildman–Crippen LogP) is 0.832. The summed E-state index contributed by atoms with van der Waals surface area (Å²) in [6.45, 7) is 8.80. The van der Waals surface area contributed by atoms with Gasteiger partial charge >= 0.3 is 0 Å². The lowest BCUT2D eigenvalue weighted by molar-refractivity contribution is 0.165. The van der Waals surface area contributed by atoms with Crippen molar-refractivity contribution in [1.82, 2.24) is 8.61 Å². The zero-order chi connectivity index (χ0) is 13.8. The molecule has 0 aromatic rings. The quantitative estimate of drug-likeness (QED) is 0.731. The van der Waals surface area contributed by atoms with Gasteiger partial charge in [-0.05, 0) is 32.6 Å². The smallest absolute Gasteiger partial charge is 0.282 e. The fraction of sp³-hybridized carbons (Fsp3) is 0.833. The molecule has 0 bridgehead atoms. The molecular weight excluding hydrogens is 252 g/mol. The Bertz CT molecular complexity index is 360. The van der Waals surface area contributed by atoms with Crippen LogP contribution in [0.15, 0.2) is 12.7 Å². The van der Waals surface area contributed by atoms with E-state index >= 15 is 0 Å². The standard InChI is InChI=1S/C12H24N2O3S/c1-4-7-14(11(2)3)18(16,17)13-8-5-12(10-15)6-9-13/h4,11-12,15H,1,5-10H2,2-3H3. The van der Waals surface area contributed by atoms with Crippen molar-refractivity contribution in [3.63, 3.8) is 0 Å². The SMILES string of the molecule is C=CCN(C(C)C)S(=O)(=O)N1CCC(CO)CC1. The summed E-state index contributed by atoms with van der Waals surface area (Å²) in [6, 6.07) is -0.0800. The van der Waals surface area contributed by atoms with E-state index in [-0.39, 0.29) is 18.6 Å². The summed E-state index contributed by atoms with van der Waals surface area (Å²) in [4.78, 5) is 0. The molecule has 5 nitrogen and oxygen atoms in total. The van der Waals surface area contributed by atoms with Crippen molar-refractivity contribution in [3.8, 4) is 0 Å². The van der Waals surface area contributed by atoms with Gasteiger partial charge in [0.05, 0.1) is 0 Å². The van der Waals surface area contributed by atoms with E-state index in [0.29, 0.717) is 19.6 Å². The minimum absolute atomic E-state index is 0.0800. The van der Waals surface area contributed by atoms with E-state index in [1.807, 2.05) is 13.8 Å². The first-order chi connectivity index (χ1) is 8.43. The Morgan fingerprint density at radius 3 is 2.39 bits per heavy atom. The minimum Gasteiger partial charge on any atom is -0.396 e. The minimum atomic E-state index is -3.40. The van der Waals surface area contributed by atoms with Gasteiger partial charge in [-0.2, -0.15) is 17.0 Å². The largest absolute Gasteiger partial charge is 0.396 e. The van der Waals surface area contributed by atoms with Gasteiger partial charge in [0, 0.05) is 32.3 Å². The van der Waals surface area contributed by atoms with Gasteiger partial charge in [-0.15, -0.1) is 6.58 Å². The van der Waals surface area contributed by atoms with Crippen molar-refractivity contribution in [1.29, 1.82) is 0 Å². The van der Waals surface area contributed by atoms with E-state index in [1.54, 1.807) is 6.08 Å². The molecule has 106 valence electrons. The number of hydrogen-bond acceptors (Lipinski definition) is 3. The zero-order valence-corrected chi connectivity index (χ0v) is 12.1. The summed E-state index contributed by atoms with van der Waals surface area (Å²) < 4.78 is 27.9. The maximum atomic E-state index is 12.5. The Labute approximate surface area is 110 Å². The van der Waals surface area contributed by atoms with Gasteiger partial charge in [0.2, 0.25) is 0 Å². The van der Waals surface area contributed by atoms with Crippen LogP contribution in [0.1, 0.15) is 26.7 Å². The van der Waals surface area contributed by atoms with Gasteiger partial charge in [-0.25, -0.2) is 0 Å². The van der Waals surface area contributed by atoms with Crippen LogP contribution < -0.4 is 0 Å². The molecule has 0 aromatic carbocycles. The number of aliphatic hydroxyl groups is 1. The molecule has 0 atom stereocenters. The third kappa shape index (κ3) is 3.54. The van der Waals surface area contributed by atoms with E-state index in [1.165, 1.54) is 8.61 Å². The lowest BCUT2D eigenvalue weighted by Crippen LogP contribution is -2.49. The monoisotopic (exact) mass is 276 g/mol. The van der Waals surface area contributed by atoms with E-state index in [9.17, 15) is 8.42 Å². The summed E-state index contributed by atoms with van der Waals surface area (Å²) >= 11 is 0. The average molecular weight is 276 g/mol.